The molecule has 1 rings (SSSR count). The van der Waals surface area contributed by atoms with Crippen molar-refractivity contribution in [2.24, 2.45) is 5.41 Å². The number of hydrogen-bond acceptors (Lipinski definition) is 4. The van der Waals surface area contributed by atoms with Gasteiger partial charge >= 0.3 is 0 Å². The van der Waals surface area contributed by atoms with Gasteiger partial charge in [0, 0.05) is 18.5 Å². The normalized spacial score (nSPS) is 16.8. The van der Waals surface area contributed by atoms with Crippen molar-refractivity contribution >= 4 is 17.5 Å². The van der Waals surface area contributed by atoms with Crippen LogP contribution in [0.2, 0.25) is 0 Å². The van der Waals surface area contributed by atoms with Crippen molar-refractivity contribution in [1.82, 2.24) is 4.90 Å². The van der Waals surface area contributed by atoms with E-state index in [-0.39, 0.29) is 12.2 Å². The zero-order chi connectivity index (χ0) is 13.1. The fraction of sp³-hybridized carbons (Fsp3) is 0.750. The van der Waals surface area contributed by atoms with E-state index in [0.717, 1.165) is 0 Å². The third-order valence-electron chi connectivity index (χ3n) is 2.69. The lowest BCUT2D eigenvalue weighted by Crippen LogP contribution is -2.44. The third kappa shape index (κ3) is 3.93. The van der Waals surface area contributed by atoms with Gasteiger partial charge in [0.05, 0.1) is 19.6 Å². The molecule has 0 aromatic carbocycles. The number of ketones is 2. The Morgan fingerprint density at radius 1 is 1.12 bits per heavy atom. The van der Waals surface area contributed by atoms with Gasteiger partial charge in [0.2, 0.25) is 5.78 Å². The first-order valence-corrected chi connectivity index (χ1v) is 5.75. The summed E-state index contributed by atoms with van der Waals surface area (Å²) < 4.78 is 5.09. The van der Waals surface area contributed by atoms with Crippen LogP contribution in [0.3, 0.4) is 0 Å². The minimum atomic E-state index is -0.619. The molecular formula is C12H19NO4. The van der Waals surface area contributed by atoms with Crippen molar-refractivity contribution in [3.8, 4) is 0 Å². The Morgan fingerprint density at radius 2 is 1.65 bits per heavy atom. The van der Waals surface area contributed by atoms with Crippen LogP contribution in [-0.2, 0) is 19.1 Å². The molecule has 0 unspecified atom stereocenters. The zero-order valence-corrected chi connectivity index (χ0v) is 10.6. The lowest BCUT2D eigenvalue weighted by molar-refractivity contribution is -0.149. The first-order valence-electron chi connectivity index (χ1n) is 5.75. The number of hydrogen-bond donors (Lipinski definition) is 0. The molecule has 0 saturated carbocycles. The van der Waals surface area contributed by atoms with Crippen molar-refractivity contribution in [3.05, 3.63) is 0 Å². The summed E-state index contributed by atoms with van der Waals surface area (Å²) in [7, 11) is 0. The Balaban J connectivity index is 2.52. The minimum Gasteiger partial charge on any atom is -0.378 e. The number of amides is 1. The van der Waals surface area contributed by atoms with Crippen LogP contribution in [0.25, 0.3) is 0 Å². The molecule has 0 atom stereocenters. The Morgan fingerprint density at radius 3 is 2.12 bits per heavy atom. The van der Waals surface area contributed by atoms with Crippen LogP contribution >= 0.6 is 0 Å². The molecule has 96 valence electrons. The standard InChI is InChI=1S/C12H19NO4/c1-12(2,3)10(15)8-9(14)11(16)13-4-6-17-7-5-13/h4-8H2,1-3H3. The van der Waals surface area contributed by atoms with Crippen molar-refractivity contribution in [1.29, 1.82) is 0 Å². The van der Waals surface area contributed by atoms with Crippen LogP contribution in [0.15, 0.2) is 0 Å². The predicted molar refractivity (Wildman–Crippen MR) is 61.5 cm³/mol. The molecule has 0 aromatic heterocycles. The van der Waals surface area contributed by atoms with Crippen LogP contribution < -0.4 is 0 Å². The average molecular weight is 241 g/mol. The Hall–Kier alpha value is -1.23. The number of Topliss-reactive ketones (excluding diaryl/α,β-unsaturated/α-hetero) is 2. The summed E-state index contributed by atoms with van der Waals surface area (Å²) in [6, 6.07) is 0. The van der Waals surface area contributed by atoms with Gasteiger partial charge in [0.25, 0.3) is 5.91 Å². The Kier molecular flexibility index (Phi) is 4.40. The molecule has 5 heteroatoms. The highest BCUT2D eigenvalue weighted by Crippen LogP contribution is 2.17. The lowest BCUT2D eigenvalue weighted by Gasteiger charge is -2.26. The van der Waals surface area contributed by atoms with E-state index in [2.05, 4.69) is 0 Å². The fourth-order valence-electron chi connectivity index (χ4n) is 1.43. The summed E-state index contributed by atoms with van der Waals surface area (Å²) in [5.74, 6) is -1.39. The van der Waals surface area contributed by atoms with Gasteiger partial charge in [-0.1, -0.05) is 20.8 Å². The highest BCUT2D eigenvalue weighted by Gasteiger charge is 2.29. The molecule has 1 aliphatic rings. The maximum atomic E-state index is 11.7. The van der Waals surface area contributed by atoms with Crippen molar-refractivity contribution in [3.63, 3.8) is 0 Å². The van der Waals surface area contributed by atoms with Crippen LogP contribution in [0.1, 0.15) is 27.2 Å². The molecule has 1 amide bonds. The quantitative estimate of drug-likeness (QED) is 0.530. The first-order chi connectivity index (χ1) is 7.82. The van der Waals surface area contributed by atoms with Crippen LogP contribution in [0.5, 0.6) is 0 Å². The van der Waals surface area contributed by atoms with Gasteiger partial charge < -0.3 is 9.64 Å². The smallest absolute Gasteiger partial charge is 0.290 e. The van der Waals surface area contributed by atoms with Gasteiger partial charge in [-0.3, -0.25) is 14.4 Å². The highest BCUT2D eigenvalue weighted by atomic mass is 16.5. The van der Waals surface area contributed by atoms with Crippen molar-refractivity contribution < 1.29 is 19.1 Å². The second-order valence-electron chi connectivity index (χ2n) is 5.18. The van der Waals surface area contributed by atoms with Crippen molar-refractivity contribution in [2.45, 2.75) is 27.2 Å². The summed E-state index contributed by atoms with van der Waals surface area (Å²) in [5.41, 5.74) is -0.582. The number of ether oxygens (including phenoxy) is 1. The van der Waals surface area contributed by atoms with E-state index in [1.54, 1.807) is 20.8 Å². The van der Waals surface area contributed by atoms with Crippen LogP contribution in [-0.4, -0.2) is 48.7 Å². The second kappa shape index (κ2) is 5.40. The molecule has 5 nitrogen and oxygen atoms in total. The average Bonchev–Trinajstić information content (AvgIpc) is 2.27. The summed E-state index contributed by atoms with van der Waals surface area (Å²) in [6.07, 6.45) is -0.306. The molecule has 1 aliphatic heterocycles. The Bertz CT molecular complexity index is 324. The molecule has 0 bridgehead atoms. The summed E-state index contributed by atoms with van der Waals surface area (Å²) in [5, 5.41) is 0. The zero-order valence-electron chi connectivity index (χ0n) is 10.6. The molecular weight excluding hydrogens is 222 g/mol. The van der Waals surface area contributed by atoms with Gasteiger partial charge in [-0.05, 0) is 0 Å². The first kappa shape index (κ1) is 13.8. The summed E-state index contributed by atoms with van der Waals surface area (Å²) in [6.45, 7) is 6.96. The van der Waals surface area contributed by atoms with Crippen LogP contribution in [0, 0.1) is 5.41 Å². The van der Waals surface area contributed by atoms with E-state index < -0.39 is 17.1 Å². The molecule has 17 heavy (non-hydrogen) atoms. The van der Waals surface area contributed by atoms with Gasteiger partial charge in [-0.25, -0.2) is 0 Å². The largest absolute Gasteiger partial charge is 0.378 e. The molecule has 1 saturated heterocycles. The Labute approximate surface area is 101 Å². The third-order valence-corrected chi connectivity index (χ3v) is 2.69. The maximum Gasteiger partial charge on any atom is 0.290 e. The maximum absolute atomic E-state index is 11.7. The van der Waals surface area contributed by atoms with Crippen LogP contribution in [0.4, 0.5) is 0 Å². The van der Waals surface area contributed by atoms with Gasteiger partial charge in [0.1, 0.15) is 5.78 Å². The van der Waals surface area contributed by atoms with E-state index >= 15 is 0 Å². The molecule has 0 radical (unpaired) electrons. The number of rotatable bonds is 3. The van der Waals surface area contributed by atoms with E-state index in [0.29, 0.717) is 26.3 Å². The molecule has 1 heterocycles. The number of morpholine rings is 1. The number of carbonyl (C=O) groups is 3. The highest BCUT2D eigenvalue weighted by molar-refractivity contribution is 6.39. The second-order valence-corrected chi connectivity index (χ2v) is 5.18. The predicted octanol–water partition coefficient (Wildman–Crippen LogP) is 0.420. The van der Waals surface area contributed by atoms with Gasteiger partial charge in [-0.15, -0.1) is 0 Å². The van der Waals surface area contributed by atoms with E-state index in [1.165, 1.54) is 4.90 Å². The van der Waals surface area contributed by atoms with E-state index in [9.17, 15) is 14.4 Å². The SMILES string of the molecule is CC(C)(C)C(=O)CC(=O)C(=O)N1CCOCC1. The van der Waals surface area contributed by atoms with Crippen molar-refractivity contribution in [2.75, 3.05) is 26.3 Å². The van der Waals surface area contributed by atoms with E-state index in [4.69, 9.17) is 4.74 Å². The molecule has 1 fully saturated rings. The number of nitrogens with zero attached hydrogens (tertiary/aromatic N) is 1. The topological polar surface area (TPSA) is 63.7 Å². The minimum absolute atomic E-state index is 0.205. The number of carbonyl (C=O) groups excluding carboxylic acids is 3. The summed E-state index contributed by atoms with van der Waals surface area (Å²) >= 11 is 0. The van der Waals surface area contributed by atoms with E-state index in [1.807, 2.05) is 0 Å². The van der Waals surface area contributed by atoms with Gasteiger partial charge in [0.15, 0.2) is 0 Å². The molecule has 0 aliphatic carbocycles. The molecule has 0 spiro atoms. The molecule has 0 aromatic rings. The lowest BCUT2D eigenvalue weighted by atomic mass is 9.88. The fourth-order valence-corrected chi connectivity index (χ4v) is 1.43. The van der Waals surface area contributed by atoms with Gasteiger partial charge in [-0.2, -0.15) is 0 Å². The summed E-state index contributed by atoms with van der Waals surface area (Å²) in [4.78, 5) is 36.5. The monoisotopic (exact) mass is 241 g/mol. The molecule has 0 N–H and O–H groups in total.